The number of aromatic nitrogens is 1. The predicted octanol–water partition coefficient (Wildman–Crippen LogP) is 7.63. The number of thiazole rings is 1. The molecule has 0 radical (unpaired) electrons. The largest absolute Gasteiger partial charge is 0.432 e. The van der Waals surface area contributed by atoms with Crippen molar-refractivity contribution < 1.29 is 44.9 Å². The molecule has 198 valence electrons. The van der Waals surface area contributed by atoms with Gasteiger partial charge < -0.3 is 14.2 Å². The van der Waals surface area contributed by atoms with Crippen molar-refractivity contribution in [3.63, 3.8) is 0 Å². The molecule has 4 nitrogen and oxygen atoms in total. The van der Waals surface area contributed by atoms with Crippen LogP contribution in [0.1, 0.15) is 17.4 Å². The first-order chi connectivity index (χ1) is 18.1. The van der Waals surface area contributed by atoms with Gasteiger partial charge in [0, 0.05) is 29.2 Å². The fourth-order valence-electron chi connectivity index (χ4n) is 3.82. The van der Waals surface area contributed by atoms with Crippen molar-refractivity contribution in [2.24, 2.45) is 5.92 Å². The number of hydrogen-bond donors (Lipinski definition) is 0. The first-order valence-corrected chi connectivity index (χ1v) is 11.8. The monoisotopic (exact) mass is 555 g/mol. The number of ether oxygens (including phenoxy) is 3. The summed E-state index contributed by atoms with van der Waals surface area (Å²) in [5.74, 6) is -9.99. The molecule has 1 aliphatic heterocycles. The number of fused-ring (bicyclic) bond motifs is 1. The quantitative estimate of drug-likeness (QED) is 0.139. The Kier molecular flexibility index (Phi) is 6.88. The fourth-order valence-corrected chi connectivity index (χ4v) is 4.82. The zero-order valence-corrected chi connectivity index (χ0v) is 19.9. The minimum atomic E-state index is -4.68. The summed E-state index contributed by atoms with van der Waals surface area (Å²) >= 11 is 1.06. The Morgan fingerprint density at radius 1 is 0.921 bits per heavy atom. The molecule has 5 rings (SSSR count). The van der Waals surface area contributed by atoms with Crippen LogP contribution >= 0.6 is 11.3 Å². The van der Waals surface area contributed by atoms with E-state index in [-0.39, 0.29) is 28.6 Å². The second kappa shape index (κ2) is 10.0. The smallest absolute Gasteiger partial charge is 0.429 e. The molecule has 38 heavy (non-hydrogen) atoms. The summed E-state index contributed by atoms with van der Waals surface area (Å²) in [6.07, 6.45) is -3.56. The van der Waals surface area contributed by atoms with Gasteiger partial charge in [0.2, 0.25) is 0 Å². The van der Waals surface area contributed by atoms with Crippen LogP contribution in [0.4, 0.5) is 30.7 Å². The van der Waals surface area contributed by atoms with E-state index < -0.39 is 52.8 Å². The molecule has 0 saturated carbocycles. The van der Waals surface area contributed by atoms with Crippen LogP contribution in [-0.4, -0.2) is 18.2 Å². The van der Waals surface area contributed by atoms with Crippen molar-refractivity contribution in [1.82, 2.24) is 4.98 Å². The number of hydrogen-bond acceptors (Lipinski definition) is 5. The maximum Gasteiger partial charge on any atom is 0.432 e. The average Bonchev–Trinajstić information content (AvgIpc) is 3.30. The van der Waals surface area contributed by atoms with Crippen LogP contribution in [0.3, 0.4) is 0 Å². The van der Waals surface area contributed by atoms with Crippen molar-refractivity contribution in [1.29, 1.82) is 0 Å². The molecule has 2 heterocycles. The standard InChI is InChI=1S/C26H16F7NO3S/c1-2-12-10-35-25(36-11-12)13-3-4-20-21(7-13)38-24(34-20)14-5-16(27)22(17(28)6-14)26(32,33)37-15-8-18(29)23(31)19(30)9-15/h2-9,12,25H,1,10-11H2. The van der Waals surface area contributed by atoms with Crippen LogP contribution in [0.5, 0.6) is 5.75 Å². The molecule has 0 unspecified atom stereocenters. The van der Waals surface area contributed by atoms with Gasteiger partial charge in [-0.2, -0.15) is 8.78 Å². The fraction of sp³-hybridized carbons (Fsp3) is 0.192. The molecule has 1 fully saturated rings. The molecule has 0 amide bonds. The number of halogens is 7. The SMILES string of the molecule is C=CC1COC(c2ccc3nc(-c4cc(F)c(C(F)(F)Oc5cc(F)c(F)c(F)c5)c(F)c4)sc3c2)OC1. The van der Waals surface area contributed by atoms with Crippen LogP contribution in [-0.2, 0) is 15.6 Å². The highest BCUT2D eigenvalue weighted by molar-refractivity contribution is 7.21. The molecule has 3 aromatic carbocycles. The van der Waals surface area contributed by atoms with Crippen molar-refractivity contribution >= 4 is 21.6 Å². The molecule has 4 aromatic rings. The molecule has 1 saturated heterocycles. The average molecular weight is 555 g/mol. The third-order valence-electron chi connectivity index (χ3n) is 5.72. The van der Waals surface area contributed by atoms with Crippen molar-refractivity contribution in [3.8, 4) is 16.3 Å². The Balaban J connectivity index is 1.42. The summed E-state index contributed by atoms with van der Waals surface area (Å²) in [7, 11) is 0. The summed E-state index contributed by atoms with van der Waals surface area (Å²) in [6.45, 7) is 4.58. The minimum absolute atomic E-state index is 0.0774. The molecule has 1 aromatic heterocycles. The first kappa shape index (κ1) is 26.1. The summed E-state index contributed by atoms with van der Waals surface area (Å²) in [5, 5.41) is 0.144. The Morgan fingerprint density at radius 3 is 2.16 bits per heavy atom. The van der Waals surface area contributed by atoms with Gasteiger partial charge in [0.15, 0.2) is 23.7 Å². The van der Waals surface area contributed by atoms with E-state index in [9.17, 15) is 30.7 Å². The maximum atomic E-state index is 14.8. The van der Waals surface area contributed by atoms with Crippen LogP contribution in [0.15, 0.2) is 55.1 Å². The van der Waals surface area contributed by atoms with E-state index in [1.54, 1.807) is 24.3 Å². The van der Waals surface area contributed by atoms with Gasteiger partial charge in [0.25, 0.3) is 0 Å². The van der Waals surface area contributed by atoms with E-state index in [0.717, 1.165) is 11.3 Å². The first-order valence-electron chi connectivity index (χ1n) is 11.0. The van der Waals surface area contributed by atoms with Crippen LogP contribution in [0.25, 0.3) is 20.8 Å². The molecule has 0 bridgehead atoms. The third kappa shape index (κ3) is 4.98. The van der Waals surface area contributed by atoms with Gasteiger partial charge in [-0.25, -0.2) is 26.9 Å². The summed E-state index contributed by atoms with van der Waals surface area (Å²) in [4.78, 5) is 4.32. The van der Waals surface area contributed by atoms with E-state index in [1.165, 1.54) is 0 Å². The molecule has 0 atom stereocenters. The summed E-state index contributed by atoms with van der Waals surface area (Å²) in [6, 6.07) is 6.69. The maximum absolute atomic E-state index is 14.8. The van der Waals surface area contributed by atoms with E-state index in [0.29, 0.717) is 41.1 Å². The van der Waals surface area contributed by atoms with Gasteiger partial charge in [0.05, 0.1) is 23.4 Å². The Morgan fingerprint density at radius 2 is 1.55 bits per heavy atom. The summed E-state index contributed by atoms with van der Waals surface area (Å²) < 4.78 is 115. The number of alkyl halides is 2. The van der Waals surface area contributed by atoms with Crippen molar-refractivity contribution in [3.05, 3.63) is 95.3 Å². The Bertz CT molecular complexity index is 1490. The lowest BCUT2D eigenvalue weighted by molar-refractivity contribution is -0.197. The van der Waals surface area contributed by atoms with E-state index in [2.05, 4.69) is 16.3 Å². The number of benzene rings is 3. The molecule has 0 aliphatic carbocycles. The number of rotatable bonds is 6. The molecular weight excluding hydrogens is 539 g/mol. The Hall–Kier alpha value is -3.48. The Labute approximate surface area is 214 Å². The van der Waals surface area contributed by atoms with E-state index >= 15 is 0 Å². The molecular formula is C26H16F7NO3S. The topological polar surface area (TPSA) is 40.6 Å². The highest BCUT2D eigenvalue weighted by Gasteiger charge is 2.41. The molecule has 12 heteroatoms. The van der Waals surface area contributed by atoms with Gasteiger partial charge in [-0.15, -0.1) is 17.9 Å². The zero-order valence-electron chi connectivity index (χ0n) is 19.1. The van der Waals surface area contributed by atoms with E-state index in [1.807, 2.05) is 0 Å². The third-order valence-corrected chi connectivity index (χ3v) is 6.79. The van der Waals surface area contributed by atoms with Crippen LogP contribution in [0, 0.1) is 35.0 Å². The predicted molar refractivity (Wildman–Crippen MR) is 124 cm³/mol. The highest BCUT2D eigenvalue weighted by Crippen LogP contribution is 2.39. The zero-order chi connectivity index (χ0) is 27.2. The second-order valence-corrected chi connectivity index (χ2v) is 9.41. The molecule has 1 aliphatic rings. The van der Waals surface area contributed by atoms with Crippen LogP contribution in [0.2, 0.25) is 0 Å². The van der Waals surface area contributed by atoms with Gasteiger partial charge in [0.1, 0.15) is 28.0 Å². The lowest BCUT2D eigenvalue weighted by atomic mass is 10.1. The van der Waals surface area contributed by atoms with Crippen LogP contribution < -0.4 is 4.74 Å². The van der Waals surface area contributed by atoms with Gasteiger partial charge in [-0.1, -0.05) is 12.1 Å². The molecule has 0 spiro atoms. The highest BCUT2D eigenvalue weighted by atomic mass is 32.1. The second-order valence-electron chi connectivity index (χ2n) is 8.38. The number of nitrogens with zero attached hydrogens (tertiary/aromatic N) is 1. The van der Waals surface area contributed by atoms with Gasteiger partial charge >= 0.3 is 6.11 Å². The minimum Gasteiger partial charge on any atom is -0.429 e. The van der Waals surface area contributed by atoms with Gasteiger partial charge in [-0.05, 0) is 24.3 Å². The summed E-state index contributed by atoms with van der Waals surface area (Å²) in [5.41, 5.74) is -0.722. The normalized spacial score (nSPS) is 18.1. The van der Waals surface area contributed by atoms with Gasteiger partial charge in [-0.3, -0.25) is 0 Å². The van der Waals surface area contributed by atoms with Crippen molar-refractivity contribution in [2.45, 2.75) is 12.4 Å². The van der Waals surface area contributed by atoms with Crippen molar-refractivity contribution in [2.75, 3.05) is 13.2 Å². The van der Waals surface area contributed by atoms with E-state index in [4.69, 9.17) is 9.47 Å². The lowest BCUT2D eigenvalue weighted by Gasteiger charge is -2.27. The lowest BCUT2D eigenvalue weighted by Crippen LogP contribution is -2.25. The molecule has 0 N–H and O–H groups in total.